The Hall–Kier alpha value is -1.47. The number of benzene rings is 1. The van der Waals surface area contributed by atoms with E-state index in [1.165, 1.54) is 19.2 Å². The van der Waals surface area contributed by atoms with Crippen molar-refractivity contribution in [2.24, 2.45) is 0 Å². The molecule has 22 heavy (non-hydrogen) atoms. The number of likely N-dealkylation sites (N-methyl/N-ethyl adjacent to an activating group) is 1. The van der Waals surface area contributed by atoms with Crippen molar-refractivity contribution < 1.29 is 22.9 Å². The van der Waals surface area contributed by atoms with Gasteiger partial charge >= 0.3 is 18.9 Å². The summed E-state index contributed by atoms with van der Waals surface area (Å²) in [5.74, 6) is -4.72. The topological polar surface area (TPSA) is 38.8 Å². The van der Waals surface area contributed by atoms with Gasteiger partial charge in [-0.2, -0.15) is 8.78 Å². The van der Waals surface area contributed by atoms with E-state index in [1.807, 2.05) is 27.7 Å². The molecule has 4 nitrogen and oxygen atoms in total. The van der Waals surface area contributed by atoms with Crippen molar-refractivity contribution >= 4 is 24.2 Å². The Bertz CT molecular complexity index is 644. The van der Waals surface area contributed by atoms with E-state index < -0.39 is 30.2 Å². The van der Waals surface area contributed by atoms with Crippen LogP contribution in [0.25, 0.3) is 0 Å². The predicted molar refractivity (Wildman–Crippen MR) is 79.5 cm³/mol. The fourth-order valence-corrected chi connectivity index (χ4v) is 2.66. The molecule has 1 aromatic rings. The summed E-state index contributed by atoms with van der Waals surface area (Å²) in [6.45, 7) is 7.58. The van der Waals surface area contributed by atoms with E-state index in [0.29, 0.717) is 5.46 Å². The second kappa shape index (κ2) is 4.29. The molecule has 0 aromatic heterocycles. The zero-order chi connectivity index (χ0) is 16.5. The lowest BCUT2D eigenvalue weighted by Gasteiger charge is -2.32. The second-order valence-corrected chi connectivity index (χ2v) is 6.80. The Morgan fingerprint density at radius 3 is 2.18 bits per heavy atom. The lowest BCUT2D eigenvalue weighted by Crippen LogP contribution is -2.41. The first kappa shape index (κ1) is 15.4. The summed E-state index contributed by atoms with van der Waals surface area (Å²) in [6, 6.07) is 4.47. The number of carbonyl (C=O) groups excluding carboxylic acids is 1. The maximum Gasteiger partial charge on any atom is 0.494 e. The van der Waals surface area contributed by atoms with Crippen LogP contribution in [-0.4, -0.2) is 31.3 Å². The summed E-state index contributed by atoms with van der Waals surface area (Å²) in [4.78, 5) is 12.6. The molecular weight excluding hydrogens is 291 g/mol. The first-order valence-electron chi connectivity index (χ1n) is 7.13. The van der Waals surface area contributed by atoms with E-state index in [-0.39, 0.29) is 11.3 Å². The molecule has 2 aliphatic heterocycles. The standard InChI is InChI=1S/C15H18BF2NO3/c1-13(2)14(3,4)22-16(21-13)9-6-7-11-10(8-9)15(17,18)12(20)19(11)5/h6-8H,1-5H3. The lowest BCUT2D eigenvalue weighted by molar-refractivity contribution is -0.141. The lowest BCUT2D eigenvalue weighted by atomic mass is 9.78. The molecule has 0 saturated carbocycles. The fourth-order valence-electron chi connectivity index (χ4n) is 2.66. The van der Waals surface area contributed by atoms with Crippen LogP contribution >= 0.6 is 0 Å². The minimum Gasteiger partial charge on any atom is -0.399 e. The number of hydrogen-bond acceptors (Lipinski definition) is 3. The van der Waals surface area contributed by atoms with Crippen LogP contribution in [0.4, 0.5) is 14.5 Å². The van der Waals surface area contributed by atoms with E-state index >= 15 is 0 Å². The van der Waals surface area contributed by atoms with E-state index in [0.717, 1.165) is 4.90 Å². The van der Waals surface area contributed by atoms with E-state index in [9.17, 15) is 13.6 Å². The maximum atomic E-state index is 14.1. The Balaban J connectivity index is 2.01. The molecule has 1 amide bonds. The zero-order valence-corrected chi connectivity index (χ0v) is 13.2. The van der Waals surface area contributed by atoms with Gasteiger partial charge in [-0.05, 0) is 39.2 Å². The molecule has 0 bridgehead atoms. The van der Waals surface area contributed by atoms with Crippen molar-refractivity contribution in [3.63, 3.8) is 0 Å². The Kier molecular flexibility index (Phi) is 3.01. The molecule has 1 fully saturated rings. The summed E-state index contributed by atoms with van der Waals surface area (Å²) in [7, 11) is 0.614. The fraction of sp³-hybridized carbons (Fsp3) is 0.533. The minimum absolute atomic E-state index is 0.218. The highest BCUT2D eigenvalue weighted by atomic mass is 19.3. The van der Waals surface area contributed by atoms with Gasteiger partial charge in [0, 0.05) is 7.05 Å². The van der Waals surface area contributed by atoms with Gasteiger partial charge in [-0.15, -0.1) is 0 Å². The number of halogens is 2. The quantitative estimate of drug-likeness (QED) is 0.745. The summed E-state index contributed by atoms with van der Waals surface area (Å²) >= 11 is 0. The Labute approximate surface area is 128 Å². The average Bonchev–Trinajstić information content (AvgIpc) is 2.73. The van der Waals surface area contributed by atoms with Gasteiger partial charge in [0.15, 0.2) is 0 Å². The number of anilines is 1. The van der Waals surface area contributed by atoms with Gasteiger partial charge < -0.3 is 14.2 Å². The number of nitrogens with zero attached hydrogens (tertiary/aromatic N) is 1. The van der Waals surface area contributed by atoms with E-state index in [2.05, 4.69) is 0 Å². The van der Waals surface area contributed by atoms with Crippen molar-refractivity contribution in [3.8, 4) is 0 Å². The number of rotatable bonds is 1. The molecule has 0 N–H and O–H groups in total. The van der Waals surface area contributed by atoms with E-state index in [4.69, 9.17) is 9.31 Å². The van der Waals surface area contributed by atoms with Crippen molar-refractivity contribution in [2.75, 3.05) is 11.9 Å². The highest BCUT2D eigenvalue weighted by Crippen LogP contribution is 2.43. The first-order chi connectivity index (χ1) is 9.97. The smallest absolute Gasteiger partial charge is 0.399 e. The van der Waals surface area contributed by atoms with Crippen LogP contribution in [0.1, 0.15) is 33.3 Å². The molecule has 2 heterocycles. The SMILES string of the molecule is CN1C(=O)C(F)(F)c2cc(B3OC(C)(C)C(C)(C)O3)ccc21. The van der Waals surface area contributed by atoms with E-state index in [1.54, 1.807) is 6.07 Å². The van der Waals surface area contributed by atoms with Crippen molar-refractivity contribution in [1.29, 1.82) is 0 Å². The van der Waals surface area contributed by atoms with Crippen LogP contribution in [0.15, 0.2) is 18.2 Å². The highest BCUT2D eigenvalue weighted by molar-refractivity contribution is 6.62. The molecule has 0 radical (unpaired) electrons. The van der Waals surface area contributed by atoms with Crippen molar-refractivity contribution in [1.82, 2.24) is 0 Å². The summed E-state index contributed by atoms with van der Waals surface area (Å²) < 4.78 is 39.9. The van der Waals surface area contributed by atoms with Crippen LogP contribution in [0.2, 0.25) is 0 Å². The number of hydrogen-bond donors (Lipinski definition) is 0. The molecule has 3 rings (SSSR count). The molecule has 0 unspecified atom stereocenters. The van der Waals surface area contributed by atoms with Gasteiger partial charge in [0.2, 0.25) is 0 Å². The largest absolute Gasteiger partial charge is 0.494 e. The molecule has 0 spiro atoms. The number of carbonyl (C=O) groups is 1. The average molecular weight is 309 g/mol. The molecule has 118 valence electrons. The highest BCUT2D eigenvalue weighted by Gasteiger charge is 2.54. The van der Waals surface area contributed by atoms with Gasteiger partial charge in [0.05, 0.1) is 22.5 Å². The zero-order valence-electron chi connectivity index (χ0n) is 13.2. The maximum absolute atomic E-state index is 14.1. The Morgan fingerprint density at radius 2 is 1.64 bits per heavy atom. The molecule has 1 saturated heterocycles. The van der Waals surface area contributed by atoms with Crippen LogP contribution in [-0.2, 0) is 20.0 Å². The Morgan fingerprint density at radius 1 is 1.09 bits per heavy atom. The van der Waals surface area contributed by atoms with Crippen LogP contribution in [0.5, 0.6) is 0 Å². The van der Waals surface area contributed by atoms with Crippen molar-refractivity contribution in [3.05, 3.63) is 23.8 Å². The third-order valence-corrected chi connectivity index (χ3v) is 4.82. The summed E-state index contributed by atoms with van der Waals surface area (Å²) in [6.07, 6.45) is 0. The van der Waals surface area contributed by atoms with Gasteiger partial charge in [-0.25, -0.2) is 0 Å². The van der Waals surface area contributed by atoms with Crippen LogP contribution in [0.3, 0.4) is 0 Å². The third kappa shape index (κ3) is 1.92. The summed E-state index contributed by atoms with van der Waals surface area (Å²) in [5, 5.41) is 0. The van der Waals surface area contributed by atoms with Gasteiger partial charge in [0.1, 0.15) is 0 Å². The number of alkyl halides is 2. The molecule has 7 heteroatoms. The minimum atomic E-state index is -3.51. The second-order valence-electron chi connectivity index (χ2n) is 6.80. The van der Waals surface area contributed by atoms with Crippen LogP contribution < -0.4 is 10.4 Å². The monoisotopic (exact) mass is 309 g/mol. The number of amides is 1. The van der Waals surface area contributed by atoms with Crippen LogP contribution in [0, 0.1) is 0 Å². The van der Waals surface area contributed by atoms with Gasteiger partial charge in [-0.3, -0.25) is 4.79 Å². The first-order valence-corrected chi connectivity index (χ1v) is 7.13. The molecule has 0 aliphatic carbocycles. The van der Waals surface area contributed by atoms with Crippen molar-refractivity contribution in [2.45, 2.75) is 44.8 Å². The van der Waals surface area contributed by atoms with Gasteiger partial charge in [-0.1, -0.05) is 12.1 Å². The molecular formula is C15H18BF2NO3. The summed E-state index contributed by atoms with van der Waals surface area (Å²) in [5.41, 5.74) is -0.694. The predicted octanol–water partition coefficient (Wildman–Crippen LogP) is 2.05. The molecule has 1 aromatic carbocycles. The van der Waals surface area contributed by atoms with Gasteiger partial charge in [0.25, 0.3) is 0 Å². The third-order valence-electron chi connectivity index (χ3n) is 4.82. The number of fused-ring (bicyclic) bond motifs is 1. The molecule has 2 aliphatic rings. The molecule has 0 atom stereocenters. The normalized spacial score (nSPS) is 24.8.